The highest BCUT2D eigenvalue weighted by atomic mass is 32.2. The summed E-state index contributed by atoms with van der Waals surface area (Å²) < 4.78 is 37.1. The predicted octanol–water partition coefficient (Wildman–Crippen LogP) is 2.55. The summed E-state index contributed by atoms with van der Waals surface area (Å²) in [5.41, 5.74) is 1.62. The van der Waals surface area contributed by atoms with Crippen molar-refractivity contribution in [1.82, 2.24) is 4.31 Å². The van der Waals surface area contributed by atoms with E-state index >= 15 is 0 Å². The second-order valence-electron chi connectivity index (χ2n) is 7.45. The van der Waals surface area contributed by atoms with Crippen LogP contribution in [0.15, 0.2) is 59.5 Å². The molecule has 0 spiro atoms. The molecule has 1 atom stereocenters. The van der Waals surface area contributed by atoms with Gasteiger partial charge in [0.15, 0.2) is 6.10 Å². The summed E-state index contributed by atoms with van der Waals surface area (Å²) in [6.45, 7) is 2.87. The zero-order valence-electron chi connectivity index (χ0n) is 18.4. The van der Waals surface area contributed by atoms with Crippen molar-refractivity contribution in [2.45, 2.75) is 24.3 Å². The van der Waals surface area contributed by atoms with Crippen LogP contribution in [0.1, 0.15) is 12.5 Å². The zero-order valence-corrected chi connectivity index (χ0v) is 20.1. The fourth-order valence-corrected chi connectivity index (χ4v) is 5.33. The molecule has 1 aliphatic rings. The molecule has 0 radical (unpaired) electrons. The van der Waals surface area contributed by atoms with E-state index in [1.807, 2.05) is 30.3 Å². The average molecular weight is 493 g/mol. The molecule has 1 heterocycles. The minimum absolute atomic E-state index is 0.148. The molecule has 33 heavy (non-hydrogen) atoms. The summed E-state index contributed by atoms with van der Waals surface area (Å²) in [5.74, 6) is 0.00175. The number of morpholine rings is 1. The van der Waals surface area contributed by atoms with Crippen LogP contribution in [-0.4, -0.2) is 68.5 Å². The Labute approximate surface area is 198 Å². The van der Waals surface area contributed by atoms with Gasteiger partial charge < -0.3 is 14.8 Å². The third-order valence-corrected chi connectivity index (χ3v) is 7.85. The van der Waals surface area contributed by atoms with Gasteiger partial charge in [0.05, 0.1) is 23.9 Å². The highest BCUT2D eigenvalue weighted by Crippen LogP contribution is 2.19. The number of aryl methyl sites for hydroxylation is 1. The Morgan fingerprint density at radius 2 is 1.76 bits per heavy atom. The monoisotopic (exact) mass is 492 g/mol. The van der Waals surface area contributed by atoms with E-state index in [0.29, 0.717) is 32.0 Å². The molecule has 1 amide bonds. The number of rotatable bonds is 10. The molecule has 10 heteroatoms. The molecular weight excluding hydrogens is 464 g/mol. The average Bonchev–Trinajstić information content (AvgIpc) is 2.83. The first-order valence-corrected chi connectivity index (χ1v) is 13.3. The number of hydrogen-bond donors (Lipinski definition) is 1. The van der Waals surface area contributed by atoms with Crippen molar-refractivity contribution in [3.8, 4) is 0 Å². The highest BCUT2D eigenvalue weighted by molar-refractivity contribution is 7.99. The molecule has 0 saturated carbocycles. The van der Waals surface area contributed by atoms with E-state index in [4.69, 9.17) is 9.47 Å². The molecule has 0 bridgehead atoms. The number of carbonyl (C=O) groups is 2. The van der Waals surface area contributed by atoms with Crippen molar-refractivity contribution < 1.29 is 27.5 Å². The molecule has 2 aromatic carbocycles. The van der Waals surface area contributed by atoms with Crippen LogP contribution in [0.3, 0.4) is 0 Å². The fraction of sp³-hybridized carbons (Fsp3) is 0.391. The molecule has 1 fully saturated rings. The third-order valence-electron chi connectivity index (χ3n) is 5.00. The Hall–Kier alpha value is -2.40. The lowest BCUT2D eigenvalue weighted by atomic mass is 10.2. The number of amides is 1. The summed E-state index contributed by atoms with van der Waals surface area (Å²) >= 11 is 1.45. The maximum absolute atomic E-state index is 12.7. The summed E-state index contributed by atoms with van der Waals surface area (Å²) in [7, 11) is -3.60. The number of sulfonamides is 1. The number of benzene rings is 2. The maximum atomic E-state index is 12.7. The minimum atomic E-state index is -3.60. The van der Waals surface area contributed by atoms with E-state index in [-0.39, 0.29) is 10.6 Å². The van der Waals surface area contributed by atoms with Gasteiger partial charge >= 0.3 is 5.97 Å². The zero-order chi connectivity index (χ0) is 23.7. The first-order valence-electron chi connectivity index (χ1n) is 10.7. The Bertz CT molecular complexity index is 1020. The van der Waals surface area contributed by atoms with Crippen LogP contribution >= 0.6 is 11.8 Å². The molecule has 0 aromatic heterocycles. The van der Waals surface area contributed by atoms with E-state index in [9.17, 15) is 18.0 Å². The maximum Gasteiger partial charge on any atom is 0.316 e. The number of nitrogens with one attached hydrogen (secondary N) is 1. The second kappa shape index (κ2) is 12.2. The molecule has 8 nitrogen and oxygen atoms in total. The number of nitrogens with zero attached hydrogens (tertiary/aromatic N) is 1. The molecule has 1 unspecified atom stereocenters. The molecular formula is C23H28N2O6S2. The first-order chi connectivity index (χ1) is 15.9. The summed E-state index contributed by atoms with van der Waals surface area (Å²) in [4.78, 5) is 24.5. The molecule has 0 aliphatic carbocycles. The number of thioether (sulfide) groups is 1. The lowest BCUT2D eigenvalue weighted by Gasteiger charge is -2.26. The summed E-state index contributed by atoms with van der Waals surface area (Å²) in [6, 6.07) is 15.9. The predicted molar refractivity (Wildman–Crippen MR) is 128 cm³/mol. The number of hydrogen-bond acceptors (Lipinski definition) is 7. The van der Waals surface area contributed by atoms with Crippen LogP contribution in [0.25, 0.3) is 0 Å². The van der Waals surface area contributed by atoms with Crippen molar-refractivity contribution in [3.05, 3.63) is 60.2 Å². The van der Waals surface area contributed by atoms with E-state index in [2.05, 4.69) is 5.32 Å². The number of esters is 1. The Morgan fingerprint density at radius 3 is 2.42 bits per heavy atom. The normalized spacial score (nSPS) is 15.5. The van der Waals surface area contributed by atoms with E-state index in [0.717, 1.165) is 12.2 Å². The Morgan fingerprint density at radius 1 is 1.09 bits per heavy atom. The lowest BCUT2D eigenvalue weighted by molar-refractivity contribution is -0.150. The number of carbonyl (C=O) groups excluding carboxylic acids is 2. The molecule has 178 valence electrons. The van der Waals surface area contributed by atoms with Gasteiger partial charge in [-0.1, -0.05) is 30.3 Å². The van der Waals surface area contributed by atoms with Gasteiger partial charge in [0, 0.05) is 18.8 Å². The summed E-state index contributed by atoms with van der Waals surface area (Å²) in [6.07, 6.45) is -0.115. The van der Waals surface area contributed by atoms with Crippen molar-refractivity contribution >= 4 is 39.3 Å². The highest BCUT2D eigenvalue weighted by Gasteiger charge is 2.26. The van der Waals surface area contributed by atoms with Gasteiger partial charge in [-0.3, -0.25) is 9.59 Å². The van der Waals surface area contributed by atoms with Crippen LogP contribution < -0.4 is 5.32 Å². The quantitative estimate of drug-likeness (QED) is 0.402. The van der Waals surface area contributed by atoms with E-state index < -0.39 is 28.0 Å². The summed E-state index contributed by atoms with van der Waals surface area (Å²) in [5, 5.41) is 2.64. The second-order valence-corrected chi connectivity index (χ2v) is 10.5. The molecule has 1 saturated heterocycles. The smallest absolute Gasteiger partial charge is 0.316 e. The van der Waals surface area contributed by atoms with Crippen molar-refractivity contribution in [3.63, 3.8) is 0 Å². The number of ether oxygens (including phenoxy) is 2. The van der Waals surface area contributed by atoms with Gasteiger partial charge in [0.1, 0.15) is 0 Å². The van der Waals surface area contributed by atoms with Crippen LogP contribution in [0.5, 0.6) is 0 Å². The van der Waals surface area contributed by atoms with Crippen molar-refractivity contribution in [2.75, 3.05) is 43.1 Å². The Balaban J connectivity index is 1.42. The van der Waals surface area contributed by atoms with Crippen LogP contribution in [-0.2, 0) is 35.5 Å². The lowest BCUT2D eigenvalue weighted by Crippen LogP contribution is -2.40. The van der Waals surface area contributed by atoms with E-state index in [1.165, 1.54) is 52.8 Å². The first kappa shape index (κ1) is 25.2. The molecule has 1 aliphatic heterocycles. The molecule has 2 aromatic rings. The standard InChI is InChI=1S/C23H28N2O6S2/c1-18(31-22(26)17-32-16-11-19-5-3-2-4-6-19)23(27)24-20-7-9-21(10-8-20)33(28,29)25-12-14-30-15-13-25/h2-10,18H,11-17H2,1H3,(H,24,27). The topological polar surface area (TPSA) is 102 Å². The van der Waals surface area contributed by atoms with Crippen LogP contribution in [0.2, 0.25) is 0 Å². The van der Waals surface area contributed by atoms with Crippen LogP contribution in [0.4, 0.5) is 5.69 Å². The van der Waals surface area contributed by atoms with Gasteiger partial charge in [-0.2, -0.15) is 4.31 Å². The van der Waals surface area contributed by atoms with Crippen molar-refractivity contribution in [2.24, 2.45) is 0 Å². The van der Waals surface area contributed by atoms with Gasteiger partial charge in [-0.05, 0) is 48.9 Å². The molecule has 3 rings (SSSR count). The van der Waals surface area contributed by atoms with E-state index in [1.54, 1.807) is 0 Å². The Kier molecular flexibility index (Phi) is 9.30. The molecule has 1 N–H and O–H groups in total. The largest absolute Gasteiger partial charge is 0.452 e. The van der Waals surface area contributed by atoms with Crippen LogP contribution in [0, 0.1) is 0 Å². The van der Waals surface area contributed by atoms with Gasteiger partial charge in [-0.15, -0.1) is 11.8 Å². The van der Waals surface area contributed by atoms with Crippen molar-refractivity contribution in [1.29, 1.82) is 0 Å². The number of anilines is 1. The van der Waals surface area contributed by atoms with Gasteiger partial charge in [0.2, 0.25) is 10.0 Å². The fourth-order valence-electron chi connectivity index (χ4n) is 3.17. The van der Waals surface area contributed by atoms with Gasteiger partial charge in [0.25, 0.3) is 5.91 Å². The SMILES string of the molecule is CC(OC(=O)CSCCc1ccccc1)C(=O)Nc1ccc(S(=O)(=O)N2CCOCC2)cc1. The third kappa shape index (κ3) is 7.56. The van der Waals surface area contributed by atoms with Gasteiger partial charge in [-0.25, -0.2) is 8.42 Å². The minimum Gasteiger partial charge on any atom is -0.452 e.